The van der Waals surface area contributed by atoms with Crippen molar-refractivity contribution in [2.45, 2.75) is 19.3 Å². The number of carbonyl (C=O) groups is 2. The Morgan fingerprint density at radius 1 is 1.16 bits per heavy atom. The first-order valence-electron chi connectivity index (χ1n) is 8.58. The SMILES string of the molecule is O=C(O)C1CCN(C(=O)C2CCCN(c3ncnc4sccc34)C2)C1. The third-order valence-corrected chi connectivity index (χ3v) is 5.98. The summed E-state index contributed by atoms with van der Waals surface area (Å²) in [6.07, 6.45) is 3.92. The van der Waals surface area contributed by atoms with Gasteiger partial charge in [-0.3, -0.25) is 9.59 Å². The predicted molar refractivity (Wildman–Crippen MR) is 94.7 cm³/mol. The van der Waals surface area contributed by atoms with Crippen molar-refractivity contribution in [1.29, 1.82) is 0 Å². The van der Waals surface area contributed by atoms with E-state index < -0.39 is 11.9 Å². The molecule has 7 nitrogen and oxygen atoms in total. The van der Waals surface area contributed by atoms with Gasteiger partial charge in [-0.25, -0.2) is 9.97 Å². The number of carboxylic acids is 1. The van der Waals surface area contributed by atoms with E-state index in [1.54, 1.807) is 22.6 Å². The summed E-state index contributed by atoms with van der Waals surface area (Å²) in [6, 6.07) is 2.03. The van der Waals surface area contributed by atoms with Crippen molar-refractivity contribution in [2.75, 3.05) is 31.1 Å². The van der Waals surface area contributed by atoms with Crippen LogP contribution < -0.4 is 4.90 Å². The number of carbonyl (C=O) groups excluding carboxylic acids is 1. The molecule has 2 aromatic heterocycles. The fourth-order valence-corrected chi connectivity index (χ4v) is 4.55. The molecule has 1 N–H and O–H groups in total. The minimum Gasteiger partial charge on any atom is -0.481 e. The zero-order valence-corrected chi connectivity index (χ0v) is 14.6. The number of hydrogen-bond donors (Lipinski definition) is 1. The molecule has 2 unspecified atom stereocenters. The van der Waals surface area contributed by atoms with Crippen molar-refractivity contribution in [3.8, 4) is 0 Å². The van der Waals surface area contributed by atoms with Crippen LogP contribution in [0.2, 0.25) is 0 Å². The number of carboxylic acid groups (broad SMARTS) is 1. The highest BCUT2D eigenvalue weighted by Gasteiger charge is 2.36. The molecule has 4 heterocycles. The zero-order chi connectivity index (χ0) is 17.4. The summed E-state index contributed by atoms with van der Waals surface area (Å²) in [5.74, 6) is -0.333. The first-order valence-corrected chi connectivity index (χ1v) is 9.46. The Balaban J connectivity index is 1.49. The Hall–Kier alpha value is -2.22. The van der Waals surface area contributed by atoms with E-state index in [2.05, 4.69) is 14.9 Å². The van der Waals surface area contributed by atoms with Crippen molar-refractivity contribution >= 4 is 39.2 Å². The molecule has 0 bridgehead atoms. The molecule has 1 amide bonds. The number of anilines is 1. The lowest BCUT2D eigenvalue weighted by Crippen LogP contribution is -2.44. The summed E-state index contributed by atoms with van der Waals surface area (Å²) in [7, 11) is 0. The predicted octanol–water partition coefficient (Wildman–Crippen LogP) is 1.84. The molecule has 2 saturated heterocycles. The fourth-order valence-electron chi connectivity index (χ4n) is 3.82. The Morgan fingerprint density at radius 2 is 2.04 bits per heavy atom. The van der Waals surface area contributed by atoms with Crippen LogP contribution in [0.4, 0.5) is 5.82 Å². The van der Waals surface area contributed by atoms with E-state index >= 15 is 0 Å². The summed E-state index contributed by atoms with van der Waals surface area (Å²) >= 11 is 1.59. The van der Waals surface area contributed by atoms with Crippen molar-refractivity contribution in [3.63, 3.8) is 0 Å². The van der Waals surface area contributed by atoms with E-state index in [1.165, 1.54) is 0 Å². The first-order chi connectivity index (χ1) is 12.1. The number of hydrogen-bond acceptors (Lipinski definition) is 6. The molecular weight excluding hydrogens is 340 g/mol. The number of rotatable bonds is 3. The fraction of sp³-hybridized carbons (Fsp3) is 0.529. The van der Waals surface area contributed by atoms with Crippen LogP contribution >= 0.6 is 11.3 Å². The molecular formula is C17H20N4O3S. The highest BCUT2D eigenvalue weighted by atomic mass is 32.1. The van der Waals surface area contributed by atoms with Gasteiger partial charge >= 0.3 is 5.97 Å². The van der Waals surface area contributed by atoms with Gasteiger partial charge in [-0.05, 0) is 30.7 Å². The normalized spacial score (nSPS) is 24.0. The van der Waals surface area contributed by atoms with Gasteiger partial charge in [0.2, 0.25) is 5.91 Å². The maximum atomic E-state index is 12.8. The lowest BCUT2D eigenvalue weighted by Gasteiger charge is -2.34. The van der Waals surface area contributed by atoms with Crippen LogP contribution in [0.1, 0.15) is 19.3 Å². The largest absolute Gasteiger partial charge is 0.481 e. The second kappa shape index (κ2) is 6.59. The Kier molecular flexibility index (Phi) is 4.29. The van der Waals surface area contributed by atoms with Gasteiger partial charge in [0, 0.05) is 26.2 Å². The van der Waals surface area contributed by atoms with Gasteiger partial charge in [0.25, 0.3) is 0 Å². The van der Waals surface area contributed by atoms with Gasteiger partial charge in [0.05, 0.1) is 17.2 Å². The minimum atomic E-state index is -0.804. The lowest BCUT2D eigenvalue weighted by atomic mass is 9.96. The van der Waals surface area contributed by atoms with Gasteiger partial charge in [0.1, 0.15) is 17.0 Å². The van der Waals surface area contributed by atoms with Crippen LogP contribution in [0, 0.1) is 11.8 Å². The van der Waals surface area contributed by atoms with Crippen molar-refractivity contribution < 1.29 is 14.7 Å². The highest BCUT2D eigenvalue weighted by Crippen LogP contribution is 2.31. The molecule has 2 atom stereocenters. The number of thiophene rings is 1. The molecule has 8 heteroatoms. The van der Waals surface area contributed by atoms with Gasteiger partial charge in [0.15, 0.2) is 0 Å². The van der Waals surface area contributed by atoms with Crippen molar-refractivity contribution in [1.82, 2.24) is 14.9 Å². The van der Waals surface area contributed by atoms with Crippen LogP contribution in [-0.4, -0.2) is 58.0 Å². The first kappa shape index (κ1) is 16.3. The van der Waals surface area contributed by atoms with Gasteiger partial charge in [-0.1, -0.05) is 0 Å². The second-order valence-corrected chi connectivity index (χ2v) is 7.62. The van der Waals surface area contributed by atoms with Crippen LogP contribution in [0.25, 0.3) is 10.2 Å². The third-order valence-electron chi connectivity index (χ3n) is 5.16. The van der Waals surface area contributed by atoms with Crippen molar-refractivity contribution in [3.05, 3.63) is 17.8 Å². The van der Waals surface area contributed by atoms with E-state index in [9.17, 15) is 9.59 Å². The van der Waals surface area contributed by atoms with E-state index in [-0.39, 0.29) is 11.8 Å². The number of likely N-dealkylation sites (tertiary alicyclic amines) is 1. The summed E-state index contributed by atoms with van der Waals surface area (Å²) < 4.78 is 0. The molecule has 25 heavy (non-hydrogen) atoms. The molecule has 2 aliphatic heterocycles. The Morgan fingerprint density at radius 3 is 2.84 bits per heavy atom. The number of aromatic nitrogens is 2. The van der Waals surface area contributed by atoms with Gasteiger partial charge in [-0.2, -0.15) is 0 Å². The van der Waals surface area contributed by atoms with E-state index in [0.717, 1.165) is 35.4 Å². The van der Waals surface area contributed by atoms with Crippen LogP contribution in [0.15, 0.2) is 17.8 Å². The Bertz CT molecular complexity index is 808. The summed E-state index contributed by atoms with van der Waals surface area (Å²) in [5.41, 5.74) is 0. The summed E-state index contributed by atoms with van der Waals surface area (Å²) in [5, 5.41) is 12.2. The molecule has 2 aliphatic rings. The maximum Gasteiger partial charge on any atom is 0.308 e. The third kappa shape index (κ3) is 3.06. The van der Waals surface area contributed by atoms with Crippen LogP contribution in [0.3, 0.4) is 0 Å². The second-order valence-electron chi connectivity index (χ2n) is 6.73. The molecule has 0 aliphatic carbocycles. The van der Waals surface area contributed by atoms with Crippen molar-refractivity contribution in [2.24, 2.45) is 11.8 Å². The zero-order valence-electron chi connectivity index (χ0n) is 13.8. The number of amides is 1. The molecule has 132 valence electrons. The molecule has 2 fully saturated rings. The van der Waals surface area contributed by atoms with Gasteiger partial charge < -0.3 is 14.9 Å². The maximum absolute atomic E-state index is 12.8. The quantitative estimate of drug-likeness (QED) is 0.899. The molecule has 4 rings (SSSR count). The average Bonchev–Trinajstić information content (AvgIpc) is 3.30. The standard InChI is InChI=1S/C17H20N4O3S/c22-16(21-6-3-12(9-21)17(23)24)11-2-1-5-20(8-11)14-13-4-7-25-15(13)19-10-18-14/h4,7,10-12H,1-3,5-6,8-9H2,(H,23,24). The van der Waals surface area contributed by atoms with Crippen LogP contribution in [0.5, 0.6) is 0 Å². The molecule has 2 aromatic rings. The minimum absolute atomic E-state index is 0.0871. The highest BCUT2D eigenvalue weighted by molar-refractivity contribution is 7.16. The smallest absolute Gasteiger partial charge is 0.308 e. The molecule has 0 radical (unpaired) electrons. The van der Waals surface area contributed by atoms with Gasteiger partial charge in [-0.15, -0.1) is 11.3 Å². The number of aliphatic carboxylic acids is 1. The monoisotopic (exact) mass is 360 g/mol. The van der Waals surface area contributed by atoms with E-state index in [0.29, 0.717) is 26.1 Å². The Labute approximate surface area is 149 Å². The number of fused-ring (bicyclic) bond motifs is 1. The molecule has 0 saturated carbocycles. The lowest BCUT2D eigenvalue weighted by molar-refractivity contribution is -0.141. The summed E-state index contributed by atoms with van der Waals surface area (Å²) in [6.45, 7) is 2.40. The van der Waals surface area contributed by atoms with E-state index in [4.69, 9.17) is 5.11 Å². The topological polar surface area (TPSA) is 86.6 Å². The van der Waals surface area contributed by atoms with E-state index in [1.807, 2.05) is 11.4 Å². The molecule has 0 aromatic carbocycles. The van der Waals surface area contributed by atoms with Crippen LogP contribution in [-0.2, 0) is 9.59 Å². The molecule has 0 spiro atoms. The number of nitrogens with zero attached hydrogens (tertiary/aromatic N) is 4. The summed E-state index contributed by atoms with van der Waals surface area (Å²) in [4.78, 5) is 37.6. The average molecular weight is 360 g/mol. The number of piperidine rings is 1.